The van der Waals surface area contributed by atoms with Crippen LogP contribution in [0, 0.1) is 0 Å². The van der Waals surface area contributed by atoms with Gasteiger partial charge in [0.1, 0.15) is 6.61 Å². The summed E-state index contributed by atoms with van der Waals surface area (Å²) in [6, 6.07) is 6.66. The molecule has 0 spiro atoms. The molecule has 16 heavy (non-hydrogen) atoms. The maximum absolute atomic E-state index is 11.5. The number of rotatable bonds is 5. The molecule has 1 aromatic carbocycles. The molecule has 0 bridgehead atoms. The molecule has 0 amide bonds. The molecule has 0 saturated carbocycles. The maximum Gasteiger partial charge on any atom is 0.338 e. The van der Waals surface area contributed by atoms with Gasteiger partial charge < -0.3 is 9.47 Å². The van der Waals surface area contributed by atoms with Crippen LogP contribution in [-0.4, -0.2) is 25.3 Å². The fourth-order valence-electron chi connectivity index (χ4n) is 1.12. The van der Waals surface area contributed by atoms with Crippen molar-refractivity contribution in [2.24, 2.45) is 0 Å². The smallest absolute Gasteiger partial charge is 0.338 e. The van der Waals surface area contributed by atoms with Crippen molar-refractivity contribution in [1.29, 1.82) is 0 Å². The molecule has 4 heteroatoms. The fourth-order valence-corrected chi connectivity index (χ4v) is 1.31. The van der Waals surface area contributed by atoms with Gasteiger partial charge in [0.2, 0.25) is 0 Å². The van der Waals surface area contributed by atoms with Crippen LogP contribution in [0.4, 0.5) is 0 Å². The van der Waals surface area contributed by atoms with E-state index in [0.29, 0.717) is 17.2 Å². The molecular weight excluding hydrogens is 228 g/mol. The normalized spacial score (nSPS) is 10.5. The molecule has 0 saturated heterocycles. The molecule has 1 aromatic rings. The Balaban J connectivity index is 2.35. The van der Waals surface area contributed by atoms with E-state index >= 15 is 0 Å². The quantitative estimate of drug-likeness (QED) is 0.588. The molecule has 0 aliphatic carbocycles. The molecular formula is C12H15ClO3. The number of carbonyl (C=O) groups is 1. The fraction of sp³-hybridized carbons (Fsp3) is 0.417. The largest absolute Gasteiger partial charge is 0.460 e. The average Bonchev–Trinajstić information content (AvgIpc) is 2.24. The van der Waals surface area contributed by atoms with E-state index in [1.54, 1.807) is 24.3 Å². The molecule has 0 atom stereocenters. The molecule has 0 aromatic heterocycles. The standard InChI is InChI=1S/C12H15ClO3/c1-9(2)15-6-7-16-12(14)10-4-3-5-11(13)8-10/h3-5,8-9H,6-7H2,1-2H3. The third-order valence-electron chi connectivity index (χ3n) is 1.83. The van der Waals surface area contributed by atoms with Crippen molar-refractivity contribution < 1.29 is 14.3 Å². The van der Waals surface area contributed by atoms with Gasteiger partial charge >= 0.3 is 5.97 Å². The van der Waals surface area contributed by atoms with Crippen LogP contribution in [0.1, 0.15) is 24.2 Å². The van der Waals surface area contributed by atoms with Gasteiger partial charge in [0.25, 0.3) is 0 Å². The lowest BCUT2D eigenvalue weighted by molar-refractivity contribution is 0.0177. The number of halogens is 1. The van der Waals surface area contributed by atoms with E-state index in [0.717, 1.165) is 0 Å². The Morgan fingerprint density at radius 3 is 2.75 bits per heavy atom. The molecule has 0 unspecified atom stereocenters. The van der Waals surface area contributed by atoms with Crippen LogP contribution in [0.3, 0.4) is 0 Å². The summed E-state index contributed by atoms with van der Waals surface area (Å²) in [5.41, 5.74) is 0.456. The van der Waals surface area contributed by atoms with Crippen LogP contribution in [-0.2, 0) is 9.47 Å². The van der Waals surface area contributed by atoms with E-state index in [4.69, 9.17) is 21.1 Å². The highest BCUT2D eigenvalue weighted by Crippen LogP contribution is 2.11. The van der Waals surface area contributed by atoms with Crippen molar-refractivity contribution >= 4 is 17.6 Å². The lowest BCUT2D eigenvalue weighted by Gasteiger charge is -2.08. The number of esters is 1. The first kappa shape index (κ1) is 13.0. The summed E-state index contributed by atoms with van der Waals surface area (Å²) in [4.78, 5) is 11.5. The Morgan fingerprint density at radius 2 is 2.12 bits per heavy atom. The van der Waals surface area contributed by atoms with E-state index in [9.17, 15) is 4.79 Å². The van der Waals surface area contributed by atoms with E-state index in [2.05, 4.69) is 0 Å². The van der Waals surface area contributed by atoms with E-state index < -0.39 is 0 Å². The summed E-state index contributed by atoms with van der Waals surface area (Å²) in [5.74, 6) is -0.380. The number of hydrogen-bond donors (Lipinski definition) is 0. The zero-order chi connectivity index (χ0) is 12.0. The van der Waals surface area contributed by atoms with Gasteiger partial charge in [-0.25, -0.2) is 4.79 Å². The zero-order valence-corrected chi connectivity index (χ0v) is 10.2. The first-order chi connectivity index (χ1) is 7.59. The minimum atomic E-state index is -0.380. The Morgan fingerprint density at radius 1 is 1.38 bits per heavy atom. The van der Waals surface area contributed by atoms with Gasteiger partial charge in [0.05, 0.1) is 18.3 Å². The van der Waals surface area contributed by atoms with Crippen molar-refractivity contribution in [1.82, 2.24) is 0 Å². The third-order valence-corrected chi connectivity index (χ3v) is 2.06. The minimum Gasteiger partial charge on any atom is -0.460 e. The van der Waals surface area contributed by atoms with E-state index in [1.807, 2.05) is 13.8 Å². The summed E-state index contributed by atoms with van der Waals surface area (Å²) in [5, 5.41) is 0.521. The highest BCUT2D eigenvalue weighted by atomic mass is 35.5. The van der Waals surface area contributed by atoms with Crippen molar-refractivity contribution in [2.75, 3.05) is 13.2 Å². The monoisotopic (exact) mass is 242 g/mol. The molecule has 0 aliphatic rings. The predicted octanol–water partition coefficient (Wildman–Crippen LogP) is 2.92. The lowest BCUT2D eigenvalue weighted by Crippen LogP contribution is -2.13. The summed E-state index contributed by atoms with van der Waals surface area (Å²) in [7, 11) is 0. The van der Waals surface area contributed by atoms with Crippen molar-refractivity contribution in [3.8, 4) is 0 Å². The van der Waals surface area contributed by atoms with Gasteiger partial charge in [-0.1, -0.05) is 17.7 Å². The SMILES string of the molecule is CC(C)OCCOC(=O)c1cccc(Cl)c1. The molecule has 0 fully saturated rings. The van der Waals surface area contributed by atoms with Crippen molar-refractivity contribution in [3.05, 3.63) is 34.9 Å². The van der Waals surface area contributed by atoms with Crippen LogP contribution < -0.4 is 0 Å². The molecule has 88 valence electrons. The van der Waals surface area contributed by atoms with Gasteiger partial charge in [-0.15, -0.1) is 0 Å². The summed E-state index contributed by atoms with van der Waals surface area (Å²) >= 11 is 5.76. The molecule has 0 heterocycles. The van der Waals surface area contributed by atoms with Crippen LogP contribution in [0.15, 0.2) is 24.3 Å². The zero-order valence-electron chi connectivity index (χ0n) is 9.40. The van der Waals surface area contributed by atoms with Gasteiger partial charge in [-0.3, -0.25) is 0 Å². The average molecular weight is 243 g/mol. The number of benzene rings is 1. The Kier molecular flexibility index (Phi) is 5.29. The second-order valence-corrected chi connectivity index (χ2v) is 4.00. The molecule has 0 radical (unpaired) electrons. The lowest BCUT2D eigenvalue weighted by atomic mass is 10.2. The first-order valence-corrected chi connectivity index (χ1v) is 5.51. The van der Waals surface area contributed by atoms with Gasteiger partial charge in [-0.2, -0.15) is 0 Å². The second kappa shape index (κ2) is 6.51. The van der Waals surface area contributed by atoms with Crippen LogP contribution >= 0.6 is 11.6 Å². The maximum atomic E-state index is 11.5. The highest BCUT2D eigenvalue weighted by Gasteiger charge is 2.06. The molecule has 0 aliphatic heterocycles. The molecule has 3 nitrogen and oxygen atoms in total. The van der Waals surface area contributed by atoms with Gasteiger partial charge in [0.15, 0.2) is 0 Å². The Labute approximate surface area is 100 Å². The van der Waals surface area contributed by atoms with Crippen molar-refractivity contribution in [2.45, 2.75) is 20.0 Å². The third kappa shape index (κ3) is 4.64. The number of hydrogen-bond acceptors (Lipinski definition) is 3. The summed E-state index contributed by atoms with van der Waals surface area (Å²) in [6.45, 7) is 4.52. The van der Waals surface area contributed by atoms with Gasteiger partial charge in [-0.05, 0) is 32.0 Å². The number of ether oxygens (including phenoxy) is 2. The van der Waals surface area contributed by atoms with E-state index in [-0.39, 0.29) is 18.7 Å². The highest BCUT2D eigenvalue weighted by molar-refractivity contribution is 6.30. The van der Waals surface area contributed by atoms with E-state index in [1.165, 1.54) is 0 Å². The van der Waals surface area contributed by atoms with Gasteiger partial charge in [0, 0.05) is 5.02 Å². The molecule has 0 N–H and O–H groups in total. The van der Waals surface area contributed by atoms with Crippen LogP contribution in [0.5, 0.6) is 0 Å². The first-order valence-electron chi connectivity index (χ1n) is 5.14. The summed E-state index contributed by atoms with van der Waals surface area (Å²) in [6.07, 6.45) is 0.143. The summed E-state index contributed by atoms with van der Waals surface area (Å²) < 4.78 is 10.3. The van der Waals surface area contributed by atoms with Crippen LogP contribution in [0.2, 0.25) is 5.02 Å². The topological polar surface area (TPSA) is 35.5 Å². The van der Waals surface area contributed by atoms with Crippen molar-refractivity contribution in [3.63, 3.8) is 0 Å². The molecule has 1 rings (SSSR count). The number of carbonyl (C=O) groups excluding carboxylic acids is 1. The minimum absolute atomic E-state index is 0.143. The Bertz CT molecular complexity index is 350. The Hall–Kier alpha value is -1.06. The second-order valence-electron chi connectivity index (χ2n) is 3.57. The predicted molar refractivity (Wildman–Crippen MR) is 62.8 cm³/mol. The van der Waals surface area contributed by atoms with Crippen LogP contribution in [0.25, 0.3) is 0 Å².